The van der Waals surface area contributed by atoms with E-state index in [0.29, 0.717) is 0 Å². The third-order valence-corrected chi connectivity index (χ3v) is 3.11. The maximum atomic E-state index is 12.9. The maximum absolute atomic E-state index is 12.9. The first-order valence-electron chi connectivity index (χ1n) is 5.68. The van der Waals surface area contributed by atoms with Crippen molar-refractivity contribution >= 4 is 15.9 Å². The van der Waals surface area contributed by atoms with E-state index in [2.05, 4.69) is 26.2 Å². The van der Waals surface area contributed by atoms with Crippen LogP contribution in [0.4, 0.5) is 4.39 Å². The molecule has 18 heavy (non-hydrogen) atoms. The second-order valence-electron chi connectivity index (χ2n) is 4.29. The molecule has 96 valence electrons. The summed E-state index contributed by atoms with van der Waals surface area (Å²) in [5.41, 5.74) is 0.723. The molecule has 2 aromatic rings. The van der Waals surface area contributed by atoms with Crippen LogP contribution in [-0.4, -0.2) is 11.0 Å². The van der Waals surface area contributed by atoms with Crippen molar-refractivity contribution in [2.45, 2.75) is 25.9 Å². The molecule has 2 rings (SSSR count). The Morgan fingerprint density at radius 1 is 1.33 bits per heavy atom. The molecule has 1 atom stereocenters. The number of hydrogen-bond acceptors (Lipinski definition) is 3. The van der Waals surface area contributed by atoms with Gasteiger partial charge in [-0.3, -0.25) is 4.98 Å². The smallest absolute Gasteiger partial charge is 0.141 e. The molecule has 0 aromatic carbocycles. The zero-order chi connectivity index (χ0) is 13.1. The third kappa shape index (κ3) is 2.97. The van der Waals surface area contributed by atoms with E-state index in [1.54, 1.807) is 12.3 Å². The number of halogens is 2. The van der Waals surface area contributed by atoms with Gasteiger partial charge in [0.05, 0.1) is 22.6 Å². The Balaban J connectivity index is 2.36. The van der Waals surface area contributed by atoms with Crippen LogP contribution in [-0.2, 0) is 0 Å². The molecule has 0 aliphatic carbocycles. The molecule has 0 bridgehead atoms. The molecule has 0 radical (unpaired) electrons. The van der Waals surface area contributed by atoms with Crippen LogP contribution < -0.4 is 5.32 Å². The van der Waals surface area contributed by atoms with E-state index in [1.165, 1.54) is 12.3 Å². The average Bonchev–Trinajstić information content (AvgIpc) is 2.73. The van der Waals surface area contributed by atoms with Crippen LogP contribution in [0, 0.1) is 5.82 Å². The summed E-state index contributed by atoms with van der Waals surface area (Å²) in [6.45, 7) is 4.07. The molecular formula is C13H14BrFN2O. The molecule has 0 aliphatic heterocycles. The van der Waals surface area contributed by atoms with Crippen molar-refractivity contribution in [2.24, 2.45) is 0 Å². The normalized spacial score (nSPS) is 12.9. The first-order valence-corrected chi connectivity index (χ1v) is 6.47. The summed E-state index contributed by atoms with van der Waals surface area (Å²) in [4.78, 5) is 4.11. The van der Waals surface area contributed by atoms with Crippen LogP contribution in [0.3, 0.4) is 0 Å². The molecular weight excluding hydrogens is 299 g/mol. The van der Waals surface area contributed by atoms with Crippen LogP contribution in [0.1, 0.15) is 31.3 Å². The number of aromatic nitrogens is 1. The van der Waals surface area contributed by atoms with E-state index >= 15 is 0 Å². The van der Waals surface area contributed by atoms with Crippen molar-refractivity contribution in [2.75, 3.05) is 0 Å². The molecule has 2 aromatic heterocycles. The highest BCUT2D eigenvalue weighted by Crippen LogP contribution is 2.29. The monoisotopic (exact) mass is 312 g/mol. The summed E-state index contributed by atoms with van der Waals surface area (Å²) in [5, 5.41) is 3.35. The highest BCUT2D eigenvalue weighted by molar-refractivity contribution is 9.10. The third-order valence-electron chi connectivity index (χ3n) is 2.45. The molecule has 1 unspecified atom stereocenters. The topological polar surface area (TPSA) is 38.1 Å². The van der Waals surface area contributed by atoms with E-state index in [9.17, 15) is 4.39 Å². The van der Waals surface area contributed by atoms with Gasteiger partial charge < -0.3 is 9.73 Å². The van der Waals surface area contributed by atoms with Gasteiger partial charge in [-0.05, 0) is 48.0 Å². The molecule has 0 spiro atoms. The van der Waals surface area contributed by atoms with Crippen LogP contribution >= 0.6 is 15.9 Å². The fourth-order valence-corrected chi connectivity index (χ4v) is 2.13. The molecule has 0 amide bonds. The van der Waals surface area contributed by atoms with Crippen molar-refractivity contribution < 1.29 is 8.81 Å². The van der Waals surface area contributed by atoms with E-state index in [1.807, 2.05) is 19.9 Å². The van der Waals surface area contributed by atoms with Gasteiger partial charge in [-0.1, -0.05) is 0 Å². The van der Waals surface area contributed by atoms with Crippen molar-refractivity contribution in [3.8, 4) is 0 Å². The SMILES string of the molecule is CC(C)NC(c1ccc(F)cn1)c1occc1Br. The van der Waals surface area contributed by atoms with E-state index < -0.39 is 0 Å². The van der Waals surface area contributed by atoms with Gasteiger partial charge in [0.15, 0.2) is 0 Å². The van der Waals surface area contributed by atoms with E-state index in [4.69, 9.17) is 4.42 Å². The zero-order valence-electron chi connectivity index (χ0n) is 10.2. The average molecular weight is 313 g/mol. The highest BCUT2D eigenvalue weighted by Gasteiger charge is 2.21. The minimum atomic E-state index is -0.347. The van der Waals surface area contributed by atoms with Gasteiger partial charge in [0.25, 0.3) is 0 Å². The fraction of sp³-hybridized carbons (Fsp3) is 0.308. The second kappa shape index (κ2) is 5.63. The van der Waals surface area contributed by atoms with Crippen molar-refractivity contribution in [1.29, 1.82) is 0 Å². The minimum Gasteiger partial charge on any atom is -0.466 e. The van der Waals surface area contributed by atoms with Crippen LogP contribution in [0.15, 0.2) is 39.5 Å². The fourth-order valence-electron chi connectivity index (χ4n) is 1.70. The Morgan fingerprint density at radius 3 is 2.61 bits per heavy atom. The number of nitrogens with zero attached hydrogens (tertiary/aromatic N) is 1. The van der Waals surface area contributed by atoms with Crippen LogP contribution in [0.2, 0.25) is 0 Å². The van der Waals surface area contributed by atoms with E-state index in [0.717, 1.165) is 15.9 Å². The predicted octanol–water partition coefficient (Wildman–Crippen LogP) is 3.66. The van der Waals surface area contributed by atoms with Gasteiger partial charge in [-0.25, -0.2) is 4.39 Å². The van der Waals surface area contributed by atoms with Gasteiger partial charge in [0.2, 0.25) is 0 Å². The number of pyridine rings is 1. The Labute approximate surface area is 114 Å². The summed E-state index contributed by atoms with van der Waals surface area (Å²) < 4.78 is 19.3. The van der Waals surface area contributed by atoms with Gasteiger partial charge >= 0.3 is 0 Å². The lowest BCUT2D eigenvalue weighted by Gasteiger charge is -2.19. The number of rotatable bonds is 4. The standard InChI is InChI=1S/C13H14BrFN2O/c1-8(2)17-12(13-10(14)5-6-18-13)11-4-3-9(15)7-16-11/h3-8,12,17H,1-2H3. The molecule has 0 aliphatic rings. The summed E-state index contributed by atoms with van der Waals surface area (Å²) >= 11 is 3.43. The minimum absolute atomic E-state index is 0.199. The molecule has 3 nitrogen and oxygen atoms in total. The van der Waals surface area contributed by atoms with Crippen LogP contribution in [0.5, 0.6) is 0 Å². The zero-order valence-corrected chi connectivity index (χ0v) is 11.7. The maximum Gasteiger partial charge on any atom is 0.141 e. The molecule has 0 saturated heterocycles. The highest BCUT2D eigenvalue weighted by atomic mass is 79.9. The summed E-state index contributed by atoms with van der Waals surface area (Å²) in [5.74, 6) is 0.392. The van der Waals surface area contributed by atoms with Gasteiger partial charge in [0, 0.05) is 6.04 Å². The Kier molecular flexibility index (Phi) is 4.14. The molecule has 1 N–H and O–H groups in total. The van der Waals surface area contributed by atoms with E-state index in [-0.39, 0.29) is 17.9 Å². The van der Waals surface area contributed by atoms with Gasteiger partial charge in [-0.2, -0.15) is 0 Å². The largest absolute Gasteiger partial charge is 0.466 e. The van der Waals surface area contributed by atoms with Crippen molar-refractivity contribution in [1.82, 2.24) is 10.3 Å². The Hall–Kier alpha value is -1.20. The lowest BCUT2D eigenvalue weighted by molar-refractivity contribution is 0.416. The van der Waals surface area contributed by atoms with Crippen molar-refractivity contribution in [3.63, 3.8) is 0 Å². The lowest BCUT2D eigenvalue weighted by Crippen LogP contribution is -2.29. The Bertz CT molecular complexity index is 510. The second-order valence-corrected chi connectivity index (χ2v) is 5.14. The number of nitrogens with one attached hydrogen (secondary N) is 1. The first-order chi connectivity index (χ1) is 8.58. The van der Waals surface area contributed by atoms with Gasteiger partial charge in [-0.15, -0.1) is 0 Å². The lowest BCUT2D eigenvalue weighted by atomic mass is 10.1. The predicted molar refractivity (Wildman–Crippen MR) is 70.7 cm³/mol. The summed E-state index contributed by atoms with van der Waals surface area (Å²) in [6, 6.07) is 4.93. The molecule has 5 heteroatoms. The summed E-state index contributed by atoms with van der Waals surface area (Å²) in [7, 11) is 0. The number of hydrogen-bond donors (Lipinski definition) is 1. The molecule has 2 heterocycles. The van der Waals surface area contributed by atoms with Crippen molar-refractivity contribution in [3.05, 3.63) is 52.4 Å². The quantitative estimate of drug-likeness (QED) is 0.936. The Morgan fingerprint density at radius 2 is 2.11 bits per heavy atom. The molecule has 0 saturated carbocycles. The van der Waals surface area contributed by atoms with Crippen LogP contribution in [0.25, 0.3) is 0 Å². The van der Waals surface area contributed by atoms with Gasteiger partial charge in [0.1, 0.15) is 17.6 Å². The molecule has 0 fully saturated rings. The summed E-state index contributed by atoms with van der Waals surface area (Å²) in [6.07, 6.45) is 2.82. The first kappa shape index (κ1) is 13.2. The number of furan rings is 1.